The van der Waals surface area contributed by atoms with Crippen molar-refractivity contribution in [1.82, 2.24) is 4.90 Å². The number of anilines is 2. The number of rotatable bonds is 11. The van der Waals surface area contributed by atoms with Crippen LogP contribution in [-0.2, 0) is 16.1 Å². The van der Waals surface area contributed by atoms with E-state index in [1.54, 1.807) is 0 Å². The number of amides is 2. The summed E-state index contributed by atoms with van der Waals surface area (Å²) in [5.74, 6) is 0.978. The lowest BCUT2D eigenvalue weighted by atomic mass is 9.94. The molecule has 2 aromatic carbocycles. The second-order valence-electron chi connectivity index (χ2n) is 9.92. The lowest BCUT2D eigenvalue weighted by Crippen LogP contribution is -2.36. The van der Waals surface area contributed by atoms with Crippen LogP contribution in [0, 0.1) is 11.8 Å². The predicted molar refractivity (Wildman–Crippen MR) is 136 cm³/mol. The molecule has 0 bridgehead atoms. The molecule has 1 saturated carbocycles. The lowest BCUT2D eigenvalue weighted by Gasteiger charge is -2.29. The average Bonchev–Trinajstić information content (AvgIpc) is 3.58. The number of hydrogen-bond donors (Lipinski definition) is 1. The van der Waals surface area contributed by atoms with Gasteiger partial charge in [-0.25, -0.2) is 0 Å². The molecule has 2 amide bonds. The van der Waals surface area contributed by atoms with Gasteiger partial charge in [0.25, 0.3) is 0 Å². The Morgan fingerprint density at radius 2 is 1.76 bits per heavy atom. The molecule has 33 heavy (non-hydrogen) atoms. The maximum Gasteiger partial charge on any atom is 0.230 e. The molecule has 0 aliphatic heterocycles. The monoisotopic (exact) mass is 449 g/mol. The van der Waals surface area contributed by atoms with E-state index < -0.39 is 0 Å². The normalized spacial score (nSPS) is 14.1. The van der Waals surface area contributed by atoms with E-state index in [9.17, 15) is 9.59 Å². The molecule has 1 fully saturated rings. The van der Waals surface area contributed by atoms with Gasteiger partial charge in [0, 0.05) is 45.0 Å². The molecule has 0 radical (unpaired) electrons. The first kappa shape index (κ1) is 24.8. The van der Waals surface area contributed by atoms with Crippen molar-refractivity contribution in [2.75, 3.05) is 30.9 Å². The predicted octanol–water partition coefficient (Wildman–Crippen LogP) is 5.67. The number of nitrogens with zero attached hydrogens (tertiary/aromatic N) is 2. The topological polar surface area (TPSA) is 52.7 Å². The first-order valence-corrected chi connectivity index (χ1v) is 12.2. The van der Waals surface area contributed by atoms with Gasteiger partial charge in [-0.3, -0.25) is 9.59 Å². The summed E-state index contributed by atoms with van der Waals surface area (Å²) < 4.78 is 0. The van der Waals surface area contributed by atoms with Crippen LogP contribution in [0.15, 0.2) is 48.5 Å². The van der Waals surface area contributed by atoms with Crippen LogP contribution >= 0.6 is 0 Å². The average molecular weight is 450 g/mol. The fourth-order valence-corrected chi connectivity index (χ4v) is 4.32. The van der Waals surface area contributed by atoms with Crippen molar-refractivity contribution in [3.05, 3.63) is 59.7 Å². The van der Waals surface area contributed by atoms with Gasteiger partial charge in [0.05, 0.1) is 5.92 Å². The zero-order valence-corrected chi connectivity index (χ0v) is 20.8. The van der Waals surface area contributed by atoms with E-state index in [1.165, 1.54) is 12.8 Å². The van der Waals surface area contributed by atoms with Crippen molar-refractivity contribution in [2.45, 2.75) is 58.9 Å². The van der Waals surface area contributed by atoms with E-state index in [2.05, 4.69) is 29.3 Å². The Kier molecular flexibility index (Phi) is 8.54. The number of carbonyl (C=O) groups is 2. The second-order valence-corrected chi connectivity index (χ2v) is 9.92. The molecule has 5 nitrogen and oxygen atoms in total. The number of hydrogen-bond acceptors (Lipinski definition) is 3. The zero-order valence-electron chi connectivity index (χ0n) is 20.8. The van der Waals surface area contributed by atoms with E-state index in [-0.39, 0.29) is 17.7 Å². The summed E-state index contributed by atoms with van der Waals surface area (Å²) in [5.41, 5.74) is 3.99. The minimum Gasteiger partial charge on any atom is -0.377 e. The third kappa shape index (κ3) is 7.08. The van der Waals surface area contributed by atoms with Gasteiger partial charge in [-0.2, -0.15) is 0 Å². The van der Waals surface area contributed by atoms with E-state index in [4.69, 9.17) is 0 Å². The smallest absolute Gasteiger partial charge is 0.230 e. The van der Waals surface area contributed by atoms with E-state index in [0.717, 1.165) is 35.5 Å². The molecule has 1 N–H and O–H groups in total. The van der Waals surface area contributed by atoms with Crippen LogP contribution < -0.4 is 10.2 Å². The van der Waals surface area contributed by atoms with Gasteiger partial charge >= 0.3 is 0 Å². The number of benzene rings is 2. The molecule has 1 aliphatic carbocycles. The van der Waals surface area contributed by atoms with Crippen LogP contribution in [-0.4, -0.2) is 37.4 Å². The van der Waals surface area contributed by atoms with Crippen LogP contribution in [0.1, 0.15) is 63.5 Å². The summed E-state index contributed by atoms with van der Waals surface area (Å²) in [5, 5.41) is 3.03. The van der Waals surface area contributed by atoms with Crippen molar-refractivity contribution in [3.8, 4) is 0 Å². The van der Waals surface area contributed by atoms with Gasteiger partial charge in [0.15, 0.2) is 0 Å². The highest BCUT2D eigenvalue weighted by molar-refractivity contribution is 5.91. The van der Waals surface area contributed by atoms with Crippen molar-refractivity contribution in [3.63, 3.8) is 0 Å². The van der Waals surface area contributed by atoms with Crippen molar-refractivity contribution < 1.29 is 9.59 Å². The van der Waals surface area contributed by atoms with Gasteiger partial charge in [-0.15, -0.1) is 0 Å². The maximum absolute atomic E-state index is 13.8. The zero-order chi connectivity index (χ0) is 24.0. The molecule has 0 aromatic heterocycles. The molecular weight excluding hydrogens is 410 g/mol. The van der Waals surface area contributed by atoms with Crippen LogP contribution in [0.5, 0.6) is 0 Å². The first-order valence-electron chi connectivity index (χ1n) is 12.2. The summed E-state index contributed by atoms with van der Waals surface area (Å²) in [6.07, 6.45) is 3.65. The Labute approximate surface area is 199 Å². The third-order valence-electron chi connectivity index (χ3n) is 6.20. The summed E-state index contributed by atoms with van der Waals surface area (Å²) in [4.78, 5) is 30.2. The van der Waals surface area contributed by atoms with E-state index >= 15 is 0 Å². The largest absolute Gasteiger partial charge is 0.377 e. The fourth-order valence-electron chi connectivity index (χ4n) is 4.32. The molecule has 178 valence electrons. The quantitative estimate of drug-likeness (QED) is 0.481. The highest BCUT2D eigenvalue weighted by atomic mass is 16.2. The van der Waals surface area contributed by atoms with E-state index in [0.29, 0.717) is 24.8 Å². The molecule has 0 heterocycles. The number of carbonyl (C=O) groups excluding carboxylic acids is 2. The van der Waals surface area contributed by atoms with Gasteiger partial charge in [0.1, 0.15) is 0 Å². The molecular formula is C28H39N3O2. The van der Waals surface area contributed by atoms with Gasteiger partial charge in [-0.05, 0) is 60.4 Å². The summed E-state index contributed by atoms with van der Waals surface area (Å²) in [6, 6.07) is 16.1. The first-order chi connectivity index (χ1) is 15.8. The minimum absolute atomic E-state index is 0.0228. The molecule has 1 atom stereocenters. The summed E-state index contributed by atoms with van der Waals surface area (Å²) in [7, 11) is 4.03. The Morgan fingerprint density at radius 1 is 1.06 bits per heavy atom. The molecule has 3 rings (SSSR count). The van der Waals surface area contributed by atoms with Crippen LogP contribution in [0.3, 0.4) is 0 Å². The molecule has 5 heteroatoms. The molecule has 0 spiro atoms. The van der Waals surface area contributed by atoms with Gasteiger partial charge in [-0.1, -0.05) is 51.1 Å². The maximum atomic E-state index is 13.8. The molecule has 1 aliphatic rings. The van der Waals surface area contributed by atoms with Crippen molar-refractivity contribution >= 4 is 23.2 Å². The standard InChI is InChI=1S/C28H39N3O2/c1-6-25(22-10-8-7-9-11-22)28(33)31(18-21-12-13-21)19-23-17-24(14-15-26(23)30(4)5)29-27(32)16-20(2)3/h7-11,14-15,17,20-21,25H,6,12-13,16,18-19H2,1-5H3,(H,29,32). The van der Waals surface area contributed by atoms with Crippen molar-refractivity contribution in [1.29, 1.82) is 0 Å². The lowest BCUT2D eigenvalue weighted by molar-refractivity contribution is -0.133. The van der Waals surface area contributed by atoms with Gasteiger partial charge in [0.2, 0.25) is 11.8 Å². The Bertz CT molecular complexity index is 935. The highest BCUT2D eigenvalue weighted by Crippen LogP contribution is 2.33. The van der Waals surface area contributed by atoms with Crippen molar-refractivity contribution in [2.24, 2.45) is 11.8 Å². The minimum atomic E-state index is -0.137. The molecule has 0 saturated heterocycles. The Balaban J connectivity index is 1.87. The molecule has 1 unspecified atom stereocenters. The molecule has 2 aromatic rings. The third-order valence-corrected chi connectivity index (χ3v) is 6.20. The SMILES string of the molecule is CCC(C(=O)N(Cc1cc(NC(=O)CC(C)C)ccc1N(C)C)CC1CC1)c1ccccc1. The van der Waals surface area contributed by atoms with E-state index in [1.807, 2.05) is 69.2 Å². The number of nitrogens with one attached hydrogen (secondary N) is 1. The fraction of sp³-hybridized carbons (Fsp3) is 0.500. The Hall–Kier alpha value is -2.82. The van der Waals surface area contributed by atoms with Crippen LogP contribution in [0.4, 0.5) is 11.4 Å². The Morgan fingerprint density at radius 3 is 2.33 bits per heavy atom. The summed E-state index contributed by atoms with van der Waals surface area (Å²) in [6.45, 7) is 7.50. The van der Waals surface area contributed by atoms with Gasteiger partial charge < -0.3 is 15.1 Å². The summed E-state index contributed by atoms with van der Waals surface area (Å²) >= 11 is 0. The highest BCUT2D eigenvalue weighted by Gasteiger charge is 2.31. The van der Waals surface area contributed by atoms with Crippen LogP contribution in [0.25, 0.3) is 0 Å². The van der Waals surface area contributed by atoms with Crippen LogP contribution in [0.2, 0.25) is 0 Å². The second kappa shape index (κ2) is 11.4.